The zero-order chi connectivity index (χ0) is 14.9. The van der Waals surface area contributed by atoms with Crippen LogP contribution in [0.15, 0.2) is 29.2 Å². The Bertz CT molecular complexity index is 514. The highest BCUT2D eigenvalue weighted by atomic mass is 32.2. The first-order chi connectivity index (χ1) is 10.2. The second kappa shape index (κ2) is 6.23. The van der Waals surface area contributed by atoms with E-state index in [1.165, 1.54) is 10.5 Å². The van der Waals surface area contributed by atoms with Crippen LogP contribution in [-0.2, 0) is 4.79 Å². The van der Waals surface area contributed by atoms with E-state index in [1.807, 2.05) is 11.8 Å². The number of thioether (sulfide) groups is 2. The highest BCUT2D eigenvalue weighted by molar-refractivity contribution is 7.98. The van der Waals surface area contributed by atoms with Gasteiger partial charge in [-0.3, -0.25) is 10.1 Å². The maximum absolute atomic E-state index is 12.6. The molecule has 0 bridgehead atoms. The molecule has 3 nitrogen and oxygen atoms in total. The van der Waals surface area contributed by atoms with Crippen LogP contribution in [0.4, 0.5) is 0 Å². The van der Waals surface area contributed by atoms with Crippen LogP contribution in [0.25, 0.3) is 0 Å². The van der Waals surface area contributed by atoms with Gasteiger partial charge in [0.05, 0.1) is 0 Å². The van der Waals surface area contributed by atoms with Crippen LogP contribution in [0.1, 0.15) is 31.0 Å². The predicted molar refractivity (Wildman–Crippen MR) is 90.8 cm³/mol. The summed E-state index contributed by atoms with van der Waals surface area (Å²) in [5, 5.41) is 3.58. The predicted octanol–water partition coefficient (Wildman–Crippen LogP) is 3.12. The molecule has 1 unspecified atom stereocenters. The molecule has 1 atom stereocenters. The monoisotopic (exact) mass is 322 g/mol. The fraction of sp³-hybridized carbons (Fsp3) is 0.562. The number of carbonyl (C=O) groups excluding carboxylic acids is 1. The van der Waals surface area contributed by atoms with Crippen molar-refractivity contribution in [2.45, 2.75) is 35.9 Å². The molecule has 114 valence electrons. The second-order valence-electron chi connectivity index (χ2n) is 5.75. The molecular formula is C16H22N2OS2. The number of carbonyl (C=O) groups is 1. The first kappa shape index (κ1) is 15.3. The molecule has 1 N–H and O–H groups in total. The number of nitrogens with zero attached hydrogens (tertiary/aromatic N) is 1. The van der Waals surface area contributed by atoms with Gasteiger partial charge in [-0.05, 0) is 55.2 Å². The molecule has 5 heteroatoms. The third kappa shape index (κ3) is 2.96. The maximum Gasteiger partial charge on any atom is 0.244 e. The highest BCUT2D eigenvalue weighted by Gasteiger charge is 2.59. The average Bonchev–Trinajstić information content (AvgIpc) is 3.25. The van der Waals surface area contributed by atoms with Gasteiger partial charge < -0.3 is 4.90 Å². The van der Waals surface area contributed by atoms with Gasteiger partial charge in [0.25, 0.3) is 0 Å². The van der Waals surface area contributed by atoms with Gasteiger partial charge in [-0.15, -0.1) is 11.8 Å². The Morgan fingerprint density at radius 3 is 2.57 bits per heavy atom. The number of nitrogens with one attached hydrogen (secondary N) is 1. The summed E-state index contributed by atoms with van der Waals surface area (Å²) in [7, 11) is 0. The Morgan fingerprint density at radius 1 is 1.29 bits per heavy atom. The molecule has 1 aliphatic carbocycles. The van der Waals surface area contributed by atoms with Crippen LogP contribution in [0, 0.1) is 0 Å². The summed E-state index contributed by atoms with van der Waals surface area (Å²) in [5.74, 6) is 1.41. The van der Waals surface area contributed by atoms with Crippen LogP contribution < -0.4 is 5.32 Å². The molecule has 2 fully saturated rings. The van der Waals surface area contributed by atoms with Gasteiger partial charge in [-0.2, -0.15) is 11.8 Å². The van der Waals surface area contributed by atoms with Crippen molar-refractivity contribution in [3.8, 4) is 0 Å². The van der Waals surface area contributed by atoms with E-state index >= 15 is 0 Å². The third-order valence-corrected chi connectivity index (χ3v) is 5.76. The summed E-state index contributed by atoms with van der Waals surface area (Å²) in [6.07, 6.45) is 7.29. The number of benzene rings is 1. The van der Waals surface area contributed by atoms with Crippen molar-refractivity contribution in [2.24, 2.45) is 0 Å². The van der Waals surface area contributed by atoms with Gasteiger partial charge in [-0.25, -0.2) is 0 Å². The SMILES string of the molecule is CSCCCN1C(=O)C2(CC2)NC1c1ccc(SC)cc1. The Hall–Kier alpha value is -0.650. The topological polar surface area (TPSA) is 32.3 Å². The Labute approximate surface area is 135 Å². The normalized spacial score (nSPS) is 23.0. The number of hydrogen-bond acceptors (Lipinski definition) is 4. The van der Waals surface area contributed by atoms with Crippen molar-refractivity contribution >= 4 is 29.4 Å². The smallest absolute Gasteiger partial charge is 0.244 e. The van der Waals surface area contributed by atoms with E-state index in [1.54, 1.807) is 11.8 Å². The number of hydrogen-bond donors (Lipinski definition) is 1. The summed E-state index contributed by atoms with van der Waals surface area (Å²) in [5.41, 5.74) is 0.969. The summed E-state index contributed by atoms with van der Waals surface area (Å²) in [6.45, 7) is 0.851. The molecule has 3 rings (SSSR count). The fourth-order valence-electron chi connectivity index (χ4n) is 2.94. The first-order valence-electron chi connectivity index (χ1n) is 7.42. The van der Waals surface area contributed by atoms with E-state index in [0.29, 0.717) is 5.91 Å². The van der Waals surface area contributed by atoms with Crippen LogP contribution >= 0.6 is 23.5 Å². The van der Waals surface area contributed by atoms with Gasteiger partial charge in [0.1, 0.15) is 11.7 Å². The van der Waals surface area contributed by atoms with E-state index in [2.05, 4.69) is 47.0 Å². The van der Waals surface area contributed by atoms with Gasteiger partial charge in [-0.1, -0.05) is 12.1 Å². The molecular weight excluding hydrogens is 300 g/mol. The molecule has 1 aromatic carbocycles. The van der Waals surface area contributed by atoms with E-state index < -0.39 is 0 Å². The zero-order valence-corrected chi connectivity index (χ0v) is 14.2. The summed E-state index contributed by atoms with van der Waals surface area (Å²) in [6, 6.07) is 8.59. The molecule has 1 heterocycles. The Kier molecular flexibility index (Phi) is 4.52. The number of amides is 1. The van der Waals surface area contributed by atoms with Gasteiger partial charge >= 0.3 is 0 Å². The van der Waals surface area contributed by atoms with Crippen LogP contribution in [0.2, 0.25) is 0 Å². The van der Waals surface area contributed by atoms with E-state index in [0.717, 1.165) is 31.6 Å². The van der Waals surface area contributed by atoms with Gasteiger partial charge in [0.15, 0.2) is 0 Å². The quantitative estimate of drug-likeness (QED) is 0.644. The maximum atomic E-state index is 12.6. The van der Waals surface area contributed by atoms with Crippen LogP contribution in [0.5, 0.6) is 0 Å². The molecule has 21 heavy (non-hydrogen) atoms. The molecule has 1 saturated carbocycles. The highest BCUT2D eigenvalue weighted by Crippen LogP contribution is 2.46. The largest absolute Gasteiger partial charge is 0.321 e. The van der Waals surface area contributed by atoms with Crippen LogP contribution in [0.3, 0.4) is 0 Å². The fourth-order valence-corrected chi connectivity index (χ4v) is 3.76. The summed E-state index contributed by atoms with van der Waals surface area (Å²) >= 11 is 3.59. The minimum Gasteiger partial charge on any atom is -0.321 e. The van der Waals surface area contributed by atoms with Gasteiger partial charge in [0.2, 0.25) is 5.91 Å². The minimum atomic E-state index is -0.234. The molecule has 0 aromatic heterocycles. The summed E-state index contributed by atoms with van der Waals surface area (Å²) < 4.78 is 0. The third-order valence-electron chi connectivity index (χ3n) is 4.32. The van der Waals surface area contributed by atoms with E-state index in [-0.39, 0.29) is 11.7 Å². The summed E-state index contributed by atoms with van der Waals surface area (Å²) in [4.78, 5) is 16.0. The molecule has 1 amide bonds. The minimum absolute atomic E-state index is 0.0535. The van der Waals surface area contributed by atoms with Gasteiger partial charge in [0, 0.05) is 11.4 Å². The molecule has 2 aliphatic rings. The lowest BCUT2D eigenvalue weighted by Crippen LogP contribution is -2.33. The average molecular weight is 322 g/mol. The second-order valence-corrected chi connectivity index (χ2v) is 7.61. The van der Waals surface area contributed by atoms with E-state index in [9.17, 15) is 4.79 Å². The zero-order valence-electron chi connectivity index (χ0n) is 12.6. The van der Waals surface area contributed by atoms with Crippen molar-refractivity contribution in [3.05, 3.63) is 29.8 Å². The number of rotatable bonds is 6. The van der Waals surface area contributed by atoms with Crippen molar-refractivity contribution in [3.63, 3.8) is 0 Å². The van der Waals surface area contributed by atoms with Crippen molar-refractivity contribution in [1.82, 2.24) is 10.2 Å². The molecule has 1 aliphatic heterocycles. The molecule has 1 saturated heterocycles. The Balaban J connectivity index is 1.78. The molecule has 1 spiro atoms. The van der Waals surface area contributed by atoms with E-state index in [4.69, 9.17) is 0 Å². The lowest BCUT2D eigenvalue weighted by atomic mass is 10.1. The Morgan fingerprint density at radius 2 is 2.00 bits per heavy atom. The first-order valence-corrected chi connectivity index (χ1v) is 10.0. The molecule has 0 radical (unpaired) electrons. The van der Waals surface area contributed by atoms with Crippen molar-refractivity contribution < 1.29 is 4.79 Å². The van der Waals surface area contributed by atoms with Crippen LogP contribution in [-0.4, -0.2) is 41.2 Å². The lowest BCUT2D eigenvalue weighted by molar-refractivity contribution is -0.130. The van der Waals surface area contributed by atoms with Crippen molar-refractivity contribution in [2.75, 3.05) is 24.8 Å². The lowest BCUT2D eigenvalue weighted by Gasteiger charge is -2.24. The van der Waals surface area contributed by atoms with Crippen molar-refractivity contribution in [1.29, 1.82) is 0 Å². The standard InChI is InChI=1S/C16H22N2OS2/c1-20-11-3-10-18-14(17-16(8-9-16)15(18)19)12-4-6-13(21-2)7-5-12/h4-7,14,17H,3,8-11H2,1-2H3. The molecule has 1 aromatic rings.